The van der Waals surface area contributed by atoms with Gasteiger partial charge in [0.1, 0.15) is 6.04 Å². The molecule has 1 atom stereocenters. The first-order valence-corrected chi connectivity index (χ1v) is 7.45. The van der Waals surface area contributed by atoms with Crippen LogP contribution in [0.3, 0.4) is 0 Å². The summed E-state index contributed by atoms with van der Waals surface area (Å²) < 4.78 is 39.1. The molecule has 4 nitrogen and oxygen atoms in total. The van der Waals surface area contributed by atoms with Gasteiger partial charge in [-0.2, -0.15) is 13.2 Å². The maximum Gasteiger partial charge on any atom is 0.408 e. The fourth-order valence-electron chi connectivity index (χ4n) is 2.54. The van der Waals surface area contributed by atoms with Gasteiger partial charge in [-0.1, -0.05) is 18.6 Å². The third kappa shape index (κ3) is 4.71. The molecular formula is C16H18F3NO3. The molecule has 2 rings (SSSR count). The van der Waals surface area contributed by atoms with Crippen molar-refractivity contribution in [1.29, 1.82) is 0 Å². The highest BCUT2D eigenvalue weighted by Gasteiger charge is 2.47. The number of rotatable bonds is 6. The van der Waals surface area contributed by atoms with Crippen molar-refractivity contribution >= 4 is 11.9 Å². The molecule has 23 heavy (non-hydrogen) atoms. The molecule has 2 N–H and O–H groups in total. The van der Waals surface area contributed by atoms with Gasteiger partial charge in [-0.25, -0.2) is 0 Å². The number of nitrogens with one attached hydrogen (secondary N) is 1. The molecule has 1 aromatic rings. The maximum atomic E-state index is 13.0. The molecule has 0 saturated heterocycles. The van der Waals surface area contributed by atoms with Crippen molar-refractivity contribution in [3.8, 4) is 0 Å². The van der Waals surface area contributed by atoms with Crippen molar-refractivity contribution in [2.24, 2.45) is 5.92 Å². The second-order valence-corrected chi connectivity index (χ2v) is 5.77. The average Bonchev–Trinajstić information content (AvgIpc) is 2.42. The summed E-state index contributed by atoms with van der Waals surface area (Å²) in [5.74, 6) is -2.24. The number of benzene rings is 1. The molecule has 1 amide bonds. The largest absolute Gasteiger partial charge is 0.481 e. The summed E-state index contributed by atoms with van der Waals surface area (Å²) >= 11 is 0. The summed E-state index contributed by atoms with van der Waals surface area (Å²) in [6.07, 6.45) is -2.49. The van der Waals surface area contributed by atoms with E-state index in [0.29, 0.717) is 19.3 Å². The van der Waals surface area contributed by atoms with Crippen LogP contribution in [0.25, 0.3) is 0 Å². The van der Waals surface area contributed by atoms with Gasteiger partial charge in [-0.3, -0.25) is 9.59 Å². The van der Waals surface area contributed by atoms with E-state index in [-0.39, 0.29) is 12.0 Å². The molecule has 1 unspecified atom stereocenters. The molecule has 1 aliphatic rings. The van der Waals surface area contributed by atoms with Crippen LogP contribution in [0.15, 0.2) is 24.3 Å². The van der Waals surface area contributed by atoms with Crippen molar-refractivity contribution < 1.29 is 27.9 Å². The lowest BCUT2D eigenvalue weighted by Crippen LogP contribution is -2.52. The Labute approximate surface area is 131 Å². The number of carboxylic acid groups (broad SMARTS) is 1. The molecule has 0 heterocycles. The van der Waals surface area contributed by atoms with Gasteiger partial charge in [0.05, 0.1) is 0 Å². The highest BCUT2D eigenvalue weighted by atomic mass is 19.4. The monoisotopic (exact) mass is 329 g/mol. The summed E-state index contributed by atoms with van der Waals surface area (Å²) in [6.45, 7) is 0. The number of carbonyl (C=O) groups excluding carboxylic acids is 1. The Bertz CT molecular complexity index is 565. The van der Waals surface area contributed by atoms with Crippen LogP contribution in [0, 0.1) is 5.92 Å². The topological polar surface area (TPSA) is 66.4 Å². The number of hydrogen-bond acceptors (Lipinski definition) is 2. The number of carbonyl (C=O) groups is 2. The lowest BCUT2D eigenvalue weighted by molar-refractivity contribution is -0.171. The predicted molar refractivity (Wildman–Crippen MR) is 77.0 cm³/mol. The Morgan fingerprint density at radius 3 is 2.26 bits per heavy atom. The van der Waals surface area contributed by atoms with Crippen LogP contribution in [-0.4, -0.2) is 29.2 Å². The number of amides is 1. The Kier molecular flexibility index (Phi) is 5.28. The minimum Gasteiger partial charge on any atom is -0.481 e. The zero-order valence-electron chi connectivity index (χ0n) is 12.4. The zero-order valence-corrected chi connectivity index (χ0v) is 12.4. The smallest absolute Gasteiger partial charge is 0.408 e. The predicted octanol–water partition coefficient (Wildman–Crippen LogP) is 3.16. The van der Waals surface area contributed by atoms with Crippen LogP contribution in [0.2, 0.25) is 0 Å². The minimum atomic E-state index is -4.46. The van der Waals surface area contributed by atoms with Crippen molar-refractivity contribution in [2.45, 2.75) is 44.3 Å². The molecule has 1 aliphatic carbocycles. The molecule has 126 valence electrons. The molecule has 0 aromatic heterocycles. The lowest BCUT2D eigenvalue weighted by atomic mass is 9.79. The van der Waals surface area contributed by atoms with E-state index in [1.807, 2.05) is 0 Å². The van der Waals surface area contributed by atoms with E-state index >= 15 is 0 Å². The van der Waals surface area contributed by atoms with Crippen LogP contribution in [0.4, 0.5) is 13.2 Å². The minimum absolute atomic E-state index is 0.0383. The van der Waals surface area contributed by atoms with Crippen LogP contribution in [0.1, 0.15) is 41.6 Å². The summed E-state index contributed by atoms with van der Waals surface area (Å²) in [6, 6.07) is 4.14. The summed E-state index contributed by atoms with van der Waals surface area (Å²) in [4.78, 5) is 22.5. The Balaban J connectivity index is 2.00. The second kappa shape index (κ2) is 7.02. The third-order valence-electron chi connectivity index (χ3n) is 4.10. The fourth-order valence-corrected chi connectivity index (χ4v) is 2.54. The molecule has 0 spiro atoms. The Morgan fingerprint density at radius 2 is 1.83 bits per heavy atom. The number of hydrogen-bond donors (Lipinski definition) is 2. The SMILES string of the molecule is O=C(O)CCc1ccc(C(=O)NC(C2CCC2)C(F)(F)F)cc1. The molecule has 1 fully saturated rings. The molecule has 0 bridgehead atoms. The summed E-state index contributed by atoms with van der Waals surface area (Å²) in [5.41, 5.74) is 0.855. The van der Waals surface area contributed by atoms with E-state index in [0.717, 1.165) is 12.0 Å². The Morgan fingerprint density at radius 1 is 1.22 bits per heavy atom. The zero-order chi connectivity index (χ0) is 17.0. The van der Waals surface area contributed by atoms with Gasteiger partial charge in [-0.15, -0.1) is 0 Å². The van der Waals surface area contributed by atoms with Gasteiger partial charge in [-0.05, 0) is 42.9 Å². The normalized spacial score (nSPS) is 16.5. The first kappa shape index (κ1) is 17.3. The quantitative estimate of drug-likeness (QED) is 0.842. The van der Waals surface area contributed by atoms with Gasteiger partial charge >= 0.3 is 12.1 Å². The van der Waals surface area contributed by atoms with Crippen LogP contribution >= 0.6 is 0 Å². The van der Waals surface area contributed by atoms with E-state index in [1.54, 1.807) is 12.1 Å². The summed E-state index contributed by atoms with van der Waals surface area (Å²) in [5, 5.41) is 10.7. The van der Waals surface area contributed by atoms with E-state index in [9.17, 15) is 22.8 Å². The van der Waals surface area contributed by atoms with Crippen LogP contribution in [0.5, 0.6) is 0 Å². The standard InChI is InChI=1S/C16H18F3NO3/c17-16(18,19)14(11-2-1-3-11)20-15(23)12-7-4-10(5-8-12)6-9-13(21)22/h4-5,7-8,11,14H,1-3,6,9H2,(H,20,23)(H,21,22). The molecule has 0 aliphatic heterocycles. The lowest BCUT2D eigenvalue weighted by Gasteiger charge is -2.35. The van der Waals surface area contributed by atoms with Gasteiger partial charge in [0.2, 0.25) is 0 Å². The fraction of sp³-hybridized carbons (Fsp3) is 0.500. The van der Waals surface area contributed by atoms with Crippen molar-refractivity contribution in [1.82, 2.24) is 5.32 Å². The van der Waals surface area contributed by atoms with Gasteiger partial charge in [0.15, 0.2) is 0 Å². The highest BCUT2D eigenvalue weighted by Crippen LogP contribution is 2.37. The van der Waals surface area contributed by atoms with Gasteiger partial charge in [0.25, 0.3) is 5.91 Å². The first-order valence-electron chi connectivity index (χ1n) is 7.45. The second-order valence-electron chi connectivity index (χ2n) is 5.77. The molecule has 1 saturated carbocycles. The number of halogens is 3. The van der Waals surface area contributed by atoms with Gasteiger partial charge < -0.3 is 10.4 Å². The van der Waals surface area contributed by atoms with Crippen molar-refractivity contribution in [3.63, 3.8) is 0 Å². The van der Waals surface area contributed by atoms with E-state index < -0.39 is 30.0 Å². The molecule has 1 aromatic carbocycles. The number of carboxylic acids is 1. The number of aliphatic carboxylic acids is 1. The van der Waals surface area contributed by atoms with E-state index in [4.69, 9.17) is 5.11 Å². The molecule has 7 heteroatoms. The van der Waals surface area contributed by atoms with Gasteiger partial charge in [0, 0.05) is 12.0 Å². The van der Waals surface area contributed by atoms with Crippen molar-refractivity contribution in [3.05, 3.63) is 35.4 Å². The third-order valence-corrected chi connectivity index (χ3v) is 4.10. The molecule has 0 radical (unpaired) electrons. The average molecular weight is 329 g/mol. The van der Waals surface area contributed by atoms with E-state index in [1.165, 1.54) is 12.1 Å². The highest BCUT2D eigenvalue weighted by molar-refractivity contribution is 5.94. The number of alkyl halides is 3. The molecular weight excluding hydrogens is 311 g/mol. The maximum absolute atomic E-state index is 13.0. The van der Waals surface area contributed by atoms with E-state index in [2.05, 4.69) is 5.32 Å². The van der Waals surface area contributed by atoms with Crippen molar-refractivity contribution in [2.75, 3.05) is 0 Å². The van der Waals surface area contributed by atoms with Crippen LogP contribution in [-0.2, 0) is 11.2 Å². The van der Waals surface area contributed by atoms with Crippen LogP contribution < -0.4 is 5.32 Å². The number of aryl methyl sites for hydroxylation is 1. The summed E-state index contributed by atoms with van der Waals surface area (Å²) in [7, 11) is 0. The first-order chi connectivity index (χ1) is 10.8. The Hall–Kier alpha value is -2.05.